The molecule has 1 amide bonds. The highest BCUT2D eigenvalue weighted by atomic mass is 32.1. The van der Waals surface area contributed by atoms with Crippen LogP contribution < -0.4 is 5.32 Å². The summed E-state index contributed by atoms with van der Waals surface area (Å²) in [4.78, 5) is 10.5. The number of amides is 1. The lowest BCUT2D eigenvalue weighted by molar-refractivity contribution is 0.260. The first-order valence-corrected chi connectivity index (χ1v) is 4.57. The van der Waals surface area contributed by atoms with Gasteiger partial charge in [-0.1, -0.05) is 36.4 Å². The summed E-state index contributed by atoms with van der Waals surface area (Å²) in [5.41, 5.74) is 3.56. The highest BCUT2D eigenvalue weighted by Gasteiger charge is 1.98. The van der Waals surface area contributed by atoms with Crippen molar-refractivity contribution in [3.63, 3.8) is 0 Å². The lowest BCUT2D eigenvalue weighted by atomic mass is 10.1. The van der Waals surface area contributed by atoms with Gasteiger partial charge in [0.05, 0.1) is 0 Å². The van der Waals surface area contributed by atoms with Crippen molar-refractivity contribution >= 4 is 17.9 Å². The predicted octanol–water partition coefficient (Wildman–Crippen LogP) is 2.44. The van der Waals surface area contributed by atoms with Gasteiger partial charge in [-0.15, -0.1) is 0 Å². The van der Waals surface area contributed by atoms with Gasteiger partial charge in [0, 0.05) is 6.54 Å². The largest absolute Gasteiger partial charge is 0.343 e. The Morgan fingerprint density at radius 1 is 1.46 bits per heavy atom. The van der Waals surface area contributed by atoms with E-state index in [-0.39, 0.29) is 5.24 Å². The minimum absolute atomic E-state index is 0.292. The molecule has 0 aliphatic carbocycles. The summed E-state index contributed by atoms with van der Waals surface area (Å²) in [5, 5.41) is 2.36. The molecular formula is C10H13NOS. The second-order valence-corrected chi connectivity index (χ2v) is 3.49. The van der Waals surface area contributed by atoms with Crippen LogP contribution in [-0.4, -0.2) is 5.24 Å². The lowest BCUT2D eigenvalue weighted by Crippen LogP contribution is -2.16. The van der Waals surface area contributed by atoms with E-state index in [9.17, 15) is 4.79 Å². The topological polar surface area (TPSA) is 29.1 Å². The van der Waals surface area contributed by atoms with Crippen LogP contribution in [-0.2, 0) is 6.54 Å². The van der Waals surface area contributed by atoms with Gasteiger partial charge in [0.2, 0.25) is 0 Å². The second kappa shape index (κ2) is 4.33. The number of benzene rings is 1. The van der Waals surface area contributed by atoms with Gasteiger partial charge in [-0.25, -0.2) is 0 Å². The number of thiol groups is 1. The average molecular weight is 195 g/mol. The third-order valence-corrected chi connectivity index (χ3v) is 2.09. The maximum absolute atomic E-state index is 10.5. The Labute approximate surface area is 83.8 Å². The SMILES string of the molecule is Cc1ccc(CNC(=O)S)c(C)c1. The van der Waals surface area contributed by atoms with Gasteiger partial charge in [0.15, 0.2) is 0 Å². The van der Waals surface area contributed by atoms with Crippen molar-refractivity contribution in [3.8, 4) is 0 Å². The van der Waals surface area contributed by atoms with Crippen molar-refractivity contribution in [2.24, 2.45) is 0 Å². The molecule has 0 unspecified atom stereocenters. The molecule has 0 aliphatic heterocycles. The summed E-state index contributed by atoms with van der Waals surface area (Å²) in [6.07, 6.45) is 0. The van der Waals surface area contributed by atoms with Crippen LogP contribution in [0.3, 0.4) is 0 Å². The quantitative estimate of drug-likeness (QED) is 0.697. The van der Waals surface area contributed by atoms with E-state index in [1.807, 2.05) is 26.0 Å². The molecule has 1 N–H and O–H groups in total. The Balaban J connectivity index is 2.72. The van der Waals surface area contributed by atoms with Crippen molar-refractivity contribution < 1.29 is 4.79 Å². The lowest BCUT2D eigenvalue weighted by Gasteiger charge is -2.06. The fourth-order valence-corrected chi connectivity index (χ4v) is 1.29. The standard InChI is InChI=1S/C10H13NOS/c1-7-3-4-9(8(2)5-7)6-11-10(12)13/h3-5H,6H2,1-2H3,(H2,11,12,13). The van der Waals surface area contributed by atoms with Crippen molar-refractivity contribution in [1.82, 2.24) is 5.32 Å². The number of carbonyl (C=O) groups is 1. The molecule has 0 atom stereocenters. The monoisotopic (exact) mass is 195 g/mol. The molecule has 2 nitrogen and oxygen atoms in total. The Bertz CT molecular complexity index is 323. The van der Waals surface area contributed by atoms with Gasteiger partial charge in [0.1, 0.15) is 0 Å². The first-order valence-electron chi connectivity index (χ1n) is 4.12. The summed E-state index contributed by atoms with van der Waals surface area (Å²) < 4.78 is 0. The number of hydrogen-bond donors (Lipinski definition) is 2. The van der Waals surface area contributed by atoms with E-state index in [1.165, 1.54) is 11.1 Å². The Morgan fingerprint density at radius 2 is 2.15 bits per heavy atom. The second-order valence-electron chi connectivity index (χ2n) is 3.09. The van der Waals surface area contributed by atoms with Crippen LogP contribution >= 0.6 is 12.6 Å². The molecule has 1 aromatic carbocycles. The Kier molecular flexibility index (Phi) is 3.37. The summed E-state index contributed by atoms with van der Waals surface area (Å²) in [6.45, 7) is 4.63. The molecule has 0 heterocycles. The molecule has 13 heavy (non-hydrogen) atoms. The first kappa shape index (κ1) is 10.1. The highest BCUT2D eigenvalue weighted by Crippen LogP contribution is 2.09. The third kappa shape index (κ3) is 3.11. The zero-order valence-electron chi connectivity index (χ0n) is 7.79. The van der Waals surface area contributed by atoms with Gasteiger partial charge in [-0.2, -0.15) is 0 Å². The van der Waals surface area contributed by atoms with E-state index >= 15 is 0 Å². The number of carbonyl (C=O) groups excluding carboxylic acids is 1. The molecule has 0 aromatic heterocycles. The van der Waals surface area contributed by atoms with E-state index < -0.39 is 0 Å². The Hall–Kier alpha value is -0.960. The highest BCUT2D eigenvalue weighted by molar-refractivity contribution is 7.96. The summed E-state index contributed by atoms with van der Waals surface area (Å²) in [5.74, 6) is 0. The maximum atomic E-state index is 10.5. The predicted molar refractivity (Wildman–Crippen MR) is 57.1 cm³/mol. The van der Waals surface area contributed by atoms with Crippen molar-refractivity contribution in [3.05, 3.63) is 34.9 Å². The van der Waals surface area contributed by atoms with Gasteiger partial charge < -0.3 is 5.32 Å². The van der Waals surface area contributed by atoms with E-state index in [2.05, 4.69) is 24.0 Å². The summed E-state index contributed by atoms with van der Waals surface area (Å²) in [6, 6.07) is 6.15. The molecule has 70 valence electrons. The molecule has 1 rings (SSSR count). The van der Waals surface area contributed by atoms with Gasteiger partial charge >= 0.3 is 0 Å². The molecule has 1 aromatic rings. The number of hydrogen-bond acceptors (Lipinski definition) is 1. The normalized spacial score (nSPS) is 9.77. The van der Waals surface area contributed by atoms with Crippen LogP contribution in [0.2, 0.25) is 0 Å². The van der Waals surface area contributed by atoms with Gasteiger partial charge in [0.25, 0.3) is 5.24 Å². The van der Waals surface area contributed by atoms with Crippen LogP contribution in [0.25, 0.3) is 0 Å². The van der Waals surface area contributed by atoms with E-state index in [4.69, 9.17) is 0 Å². The van der Waals surface area contributed by atoms with Crippen LogP contribution in [0.1, 0.15) is 16.7 Å². The average Bonchev–Trinajstić information content (AvgIpc) is 2.02. The third-order valence-electron chi connectivity index (χ3n) is 1.93. The van der Waals surface area contributed by atoms with Crippen molar-refractivity contribution in [2.75, 3.05) is 0 Å². The van der Waals surface area contributed by atoms with E-state index in [1.54, 1.807) is 0 Å². The van der Waals surface area contributed by atoms with Gasteiger partial charge in [-0.05, 0) is 25.0 Å². The van der Waals surface area contributed by atoms with E-state index in [0.29, 0.717) is 6.54 Å². The van der Waals surface area contributed by atoms with Crippen LogP contribution in [0.4, 0.5) is 4.79 Å². The molecule has 0 fully saturated rings. The van der Waals surface area contributed by atoms with Crippen LogP contribution in [0.5, 0.6) is 0 Å². The molecule has 0 radical (unpaired) electrons. The molecule has 0 saturated heterocycles. The zero-order chi connectivity index (χ0) is 9.84. The molecular weight excluding hydrogens is 182 g/mol. The smallest absolute Gasteiger partial charge is 0.276 e. The van der Waals surface area contributed by atoms with Crippen LogP contribution in [0.15, 0.2) is 18.2 Å². The zero-order valence-corrected chi connectivity index (χ0v) is 8.69. The minimum atomic E-state index is -0.292. The minimum Gasteiger partial charge on any atom is -0.343 e. The van der Waals surface area contributed by atoms with E-state index in [0.717, 1.165) is 5.56 Å². The Morgan fingerprint density at radius 3 is 2.69 bits per heavy atom. The summed E-state index contributed by atoms with van der Waals surface area (Å²) in [7, 11) is 0. The van der Waals surface area contributed by atoms with Gasteiger partial charge in [-0.3, -0.25) is 4.79 Å². The molecule has 0 saturated carbocycles. The fourth-order valence-electron chi connectivity index (χ4n) is 1.21. The molecule has 0 spiro atoms. The molecule has 0 bridgehead atoms. The number of nitrogens with one attached hydrogen (secondary N) is 1. The van der Waals surface area contributed by atoms with Crippen LogP contribution in [0, 0.1) is 13.8 Å². The first-order chi connectivity index (χ1) is 6.09. The molecule has 0 aliphatic rings. The van der Waals surface area contributed by atoms with Crippen molar-refractivity contribution in [1.29, 1.82) is 0 Å². The molecule has 3 heteroatoms. The maximum Gasteiger partial charge on any atom is 0.276 e. The van der Waals surface area contributed by atoms with Crippen molar-refractivity contribution in [2.45, 2.75) is 20.4 Å². The summed E-state index contributed by atoms with van der Waals surface area (Å²) >= 11 is 3.63. The fraction of sp³-hybridized carbons (Fsp3) is 0.300. The number of rotatable bonds is 2. The number of aryl methyl sites for hydroxylation is 2.